The van der Waals surface area contributed by atoms with E-state index in [1.165, 1.54) is 49.6 Å². The molecule has 1 unspecified atom stereocenters. The minimum Gasteiger partial charge on any atom is -0.478 e. The van der Waals surface area contributed by atoms with Crippen molar-refractivity contribution in [3.63, 3.8) is 0 Å². The number of nitrogens with one attached hydrogen (secondary N) is 1. The molecule has 0 aliphatic heterocycles. The lowest BCUT2D eigenvalue weighted by Gasteiger charge is -2.13. The Morgan fingerprint density at radius 3 is 2.59 bits per heavy atom. The second-order valence-corrected chi connectivity index (χ2v) is 9.31. The van der Waals surface area contributed by atoms with Gasteiger partial charge in [0, 0.05) is 30.1 Å². The van der Waals surface area contributed by atoms with Crippen LogP contribution in [0, 0.1) is 5.82 Å². The molecule has 3 aromatic rings. The lowest BCUT2D eigenvalue weighted by molar-refractivity contribution is -0.145. The normalized spacial score (nSPS) is 12.6. The average Bonchev–Trinajstić information content (AvgIpc) is 3.23. The summed E-state index contributed by atoms with van der Waals surface area (Å²) >= 11 is 0.690. The number of carboxylic acid groups (broad SMARTS) is 1. The van der Waals surface area contributed by atoms with Crippen LogP contribution >= 0.6 is 11.3 Å². The van der Waals surface area contributed by atoms with E-state index in [1.807, 2.05) is 0 Å². The molecule has 166 valence electrons. The second-order valence-electron chi connectivity index (χ2n) is 6.14. The van der Waals surface area contributed by atoms with E-state index < -0.39 is 33.8 Å². The quantitative estimate of drug-likeness (QED) is 0.285. The van der Waals surface area contributed by atoms with E-state index >= 15 is 0 Å². The molecule has 0 spiro atoms. The molecule has 2 aromatic heterocycles. The Kier molecular flexibility index (Phi) is 7.08. The standard InChI is InChI=1S/C20H16FN3O6S2/c1-22-18(30-16(27)9-8-15(25)26)19-24-17(13-6-2-3-7-14(13)21)20(31-19)32(28,29)12-5-4-10-23-11-12/h2-11,18,22H,1H3,(H,25,26)/b9-8+. The van der Waals surface area contributed by atoms with E-state index in [0.29, 0.717) is 23.5 Å². The highest BCUT2D eigenvalue weighted by atomic mass is 32.2. The van der Waals surface area contributed by atoms with Crippen molar-refractivity contribution in [2.75, 3.05) is 7.05 Å². The third-order valence-corrected chi connectivity index (χ3v) is 7.36. The molecule has 2 N–H and O–H groups in total. The Bertz CT molecular complexity index is 1280. The molecule has 0 aliphatic carbocycles. The number of benzene rings is 1. The van der Waals surface area contributed by atoms with Crippen LogP contribution < -0.4 is 5.32 Å². The topological polar surface area (TPSA) is 136 Å². The van der Waals surface area contributed by atoms with Crippen molar-refractivity contribution in [2.45, 2.75) is 15.3 Å². The summed E-state index contributed by atoms with van der Waals surface area (Å²) in [6.45, 7) is 0. The van der Waals surface area contributed by atoms with Gasteiger partial charge in [0.05, 0.1) is 4.90 Å². The fourth-order valence-electron chi connectivity index (χ4n) is 2.58. The number of ether oxygens (including phenoxy) is 1. The van der Waals surface area contributed by atoms with Gasteiger partial charge in [-0.05, 0) is 31.3 Å². The maximum absolute atomic E-state index is 14.5. The van der Waals surface area contributed by atoms with Crippen LogP contribution in [0.5, 0.6) is 0 Å². The molecule has 0 saturated heterocycles. The number of aliphatic carboxylic acids is 1. The Hall–Kier alpha value is -3.48. The van der Waals surface area contributed by atoms with Crippen LogP contribution in [0.25, 0.3) is 11.3 Å². The third-order valence-electron chi connectivity index (χ3n) is 4.01. The fraction of sp³-hybridized carbons (Fsp3) is 0.100. The number of esters is 1. The lowest BCUT2D eigenvalue weighted by atomic mass is 10.1. The number of rotatable bonds is 8. The van der Waals surface area contributed by atoms with Gasteiger partial charge in [-0.2, -0.15) is 0 Å². The van der Waals surface area contributed by atoms with Gasteiger partial charge in [-0.25, -0.2) is 27.4 Å². The van der Waals surface area contributed by atoms with Gasteiger partial charge >= 0.3 is 11.9 Å². The number of sulfone groups is 1. The Morgan fingerprint density at radius 2 is 1.97 bits per heavy atom. The molecule has 0 bridgehead atoms. The number of carbonyl (C=O) groups is 2. The van der Waals surface area contributed by atoms with Crippen molar-refractivity contribution in [2.24, 2.45) is 0 Å². The molecule has 1 aromatic carbocycles. The smallest absolute Gasteiger partial charge is 0.332 e. The van der Waals surface area contributed by atoms with Gasteiger partial charge in [0.15, 0.2) is 9.22 Å². The molecule has 32 heavy (non-hydrogen) atoms. The summed E-state index contributed by atoms with van der Waals surface area (Å²) in [5, 5.41) is 11.3. The highest BCUT2D eigenvalue weighted by Gasteiger charge is 2.31. The SMILES string of the molecule is CNC(OC(=O)/C=C/C(=O)O)c1nc(-c2ccccc2F)c(S(=O)(=O)c2cccnc2)s1. The van der Waals surface area contributed by atoms with Crippen LogP contribution in [0.4, 0.5) is 4.39 Å². The first-order valence-corrected chi connectivity index (χ1v) is 11.2. The number of aromatic nitrogens is 2. The number of carboxylic acids is 1. The van der Waals surface area contributed by atoms with E-state index in [2.05, 4.69) is 15.3 Å². The van der Waals surface area contributed by atoms with Gasteiger partial charge in [-0.3, -0.25) is 10.3 Å². The first kappa shape index (κ1) is 23.2. The van der Waals surface area contributed by atoms with Gasteiger partial charge in [0.2, 0.25) is 16.1 Å². The zero-order valence-electron chi connectivity index (χ0n) is 16.4. The van der Waals surface area contributed by atoms with E-state index in [-0.39, 0.29) is 25.4 Å². The third kappa shape index (κ3) is 5.04. The van der Waals surface area contributed by atoms with E-state index in [0.717, 1.165) is 6.20 Å². The van der Waals surface area contributed by atoms with Gasteiger partial charge in [0.25, 0.3) is 0 Å². The molecule has 1 atom stereocenters. The largest absolute Gasteiger partial charge is 0.478 e. The van der Waals surface area contributed by atoms with E-state index in [1.54, 1.807) is 0 Å². The molecule has 2 heterocycles. The maximum Gasteiger partial charge on any atom is 0.332 e. The molecular weight excluding hydrogens is 461 g/mol. The summed E-state index contributed by atoms with van der Waals surface area (Å²) in [5.74, 6) is -3.02. The van der Waals surface area contributed by atoms with Crippen LogP contribution in [0.15, 0.2) is 70.0 Å². The number of pyridine rings is 1. The highest BCUT2D eigenvalue weighted by Crippen LogP contribution is 2.38. The van der Waals surface area contributed by atoms with Gasteiger partial charge in [-0.15, -0.1) is 11.3 Å². The van der Waals surface area contributed by atoms with Crippen molar-refractivity contribution in [1.82, 2.24) is 15.3 Å². The maximum atomic E-state index is 14.5. The molecule has 9 nitrogen and oxygen atoms in total. The van der Waals surface area contributed by atoms with E-state index in [9.17, 15) is 22.4 Å². The Morgan fingerprint density at radius 1 is 1.22 bits per heavy atom. The number of thiazole rings is 1. The first-order valence-electron chi connectivity index (χ1n) is 8.93. The summed E-state index contributed by atoms with van der Waals surface area (Å²) < 4.78 is 45.9. The molecule has 0 fully saturated rings. The molecule has 12 heteroatoms. The summed E-state index contributed by atoms with van der Waals surface area (Å²) in [4.78, 5) is 30.4. The fourth-order valence-corrected chi connectivity index (χ4v) is 5.50. The molecule has 0 radical (unpaired) electrons. The summed E-state index contributed by atoms with van der Waals surface area (Å²) in [5.41, 5.74) is -0.200. The number of carbonyl (C=O) groups excluding carboxylic acids is 1. The first-order chi connectivity index (χ1) is 15.2. The predicted molar refractivity (Wildman–Crippen MR) is 112 cm³/mol. The second kappa shape index (κ2) is 9.77. The van der Waals surface area contributed by atoms with Crippen molar-refractivity contribution in [3.05, 3.63) is 71.8 Å². The van der Waals surface area contributed by atoms with Crippen LogP contribution in [-0.2, 0) is 24.2 Å². The van der Waals surface area contributed by atoms with Crippen molar-refractivity contribution in [3.8, 4) is 11.3 Å². The van der Waals surface area contributed by atoms with Gasteiger partial charge in [0.1, 0.15) is 11.5 Å². The van der Waals surface area contributed by atoms with Crippen molar-refractivity contribution < 1.29 is 32.2 Å². The monoisotopic (exact) mass is 477 g/mol. The summed E-state index contributed by atoms with van der Waals surface area (Å²) in [6.07, 6.45) is 2.65. The Balaban J connectivity index is 2.12. The van der Waals surface area contributed by atoms with Crippen LogP contribution in [0.1, 0.15) is 11.2 Å². The molecule has 0 amide bonds. The number of halogens is 1. The molecular formula is C20H16FN3O6S2. The lowest BCUT2D eigenvalue weighted by Crippen LogP contribution is -2.22. The zero-order chi connectivity index (χ0) is 23.3. The van der Waals surface area contributed by atoms with Crippen molar-refractivity contribution >= 4 is 33.1 Å². The Labute approximate surface area is 186 Å². The summed E-state index contributed by atoms with van der Waals surface area (Å²) in [6, 6.07) is 8.33. The minimum absolute atomic E-state index is 0.0188. The van der Waals surface area contributed by atoms with Gasteiger partial charge in [-0.1, -0.05) is 12.1 Å². The molecule has 3 rings (SSSR count). The minimum atomic E-state index is -4.14. The average molecular weight is 477 g/mol. The number of nitrogens with zero attached hydrogens (tertiary/aromatic N) is 2. The van der Waals surface area contributed by atoms with Crippen LogP contribution in [0.2, 0.25) is 0 Å². The highest BCUT2D eigenvalue weighted by molar-refractivity contribution is 7.93. The number of hydrogen-bond donors (Lipinski definition) is 2. The van der Waals surface area contributed by atoms with Crippen molar-refractivity contribution in [1.29, 1.82) is 0 Å². The number of hydrogen-bond acceptors (Lipinski definition) is 9. The zero-order valence-corrected chi connectivity index (χ0v) is 18.1. The molecule has 0 aliphatic rings. The van der Waals surface area contributed by atoms with Gasteiger partial charge < -0.3 is 9.84 Å². The summed E-state index contributed by atoms with van der Waals surface area (Å²) in [7, 11) is -2.71. The van der Waals surface area contributed by atoms with E-state index in [4.69, 9.17) is 9.84 Å². The van der Waals surface area contributed by atoms with Crippen LogP contribution in [0.3, 0.4) is 0 Å². The molecule has 0 saturated carbocycles. The van der Waals surface area contributed by atoms with Crippen LogP contribution in [-0.4, -0.2) is 42.5 Å². The predicted octanol–water partition coefficient (Wildman–Crippen LogP) is 2.58.